The molecule has 2 heterocycles. The molecule has 0 aliphatic rings. The van der Waals surface area contributed by atoms with E-state index in [1.165, 1.54) is 24.8 Å². The Labute approximate surface area is 135 Å². The second-order valence-corrected chi connectivity index (χ2v) is 5.79. The van der Waals surface area contributed by atoms with Gasteiger partial charge in [0.25, 0.3) is 0 Å². The molecule has 0 unspecified atom stereocenters. The van der Waals surface area contributed by atoms with Gasteiger partial charge in [0.15, 0.2) is 0 Å². The van der Waals surface area contributed by atoms with Gasteiger partial charge in [-0.1, -0.05) is 23.7 Å². The van der Waals surface area contributed by atoms with E-state index in [9.17, 15) is 4.79 Å². The van der Waals surface area contributed by atoms with Crippen LogP contribution in [0.5, 0.6) is 0 Å². The van der Waals surface area contributed by atoms with Gasteiger partial charge in [0, 0.05) is 11.9 Å². The lowest BCUT2D eigenvalue weighted by Gasteiger charge is -2.07. The second-order valence-electron chi connectivity index (χ2n) is 4.53. The van der Waals surface area contributed by atoms with E-state index in [0.29, 0.717) is 22.9 Å². The summed E-state index contributed by atoms with van der Waals surface area (Å²) in [7, 11) is 1.36. The zero-order chi connectivity index (χ0) is 15.5. The van der Waals surface area contributed by atoms with E-state index in [-0.39, 0.29) is 5.97 Å². The van der Waals surface area contributed by atoms with E-state index in [0.717, 1.165) is 15.8 Å². The number of carbonyl (C=O) groups is 1. The summed E-state index contributed by atoms with van der Waals surface area (Å²) >= 11 is 7.65. The van der Waals surface area contributed by atoms with Gasteiger partial charge in [-0.3, -0.25) is 0 Å². The van der Waals surface area contributed by atoms with Crippen LogP contribution in [-0.2, 0) is 11.3 Å². The van der Waals surface area contributed by atoms with Crippen molar-refractivity contribution < 1.29 is 9.53 Å². The number of hydrogen-bond acceptors (Lipinski definition) is 6. The summed E-state index contributed by atoms with van der Waals surface area (Å²) in [6.45, 7) is 0.569. The van der Waals surface area contributed by atoms with Gasteiger partial charge in [0.05, 0.1) is 23.1 Å². The number of anilines is 1. The maximum Gasteiger partial charge on any atom is 0.337 e. The number of nitrogens with one attached hydrogen (secondary N) is 1. The molecule has 0 radical (unpaired) electrons. The summed E-state index contributed by atoms with van der Waals surface area (Å²) in [5, 5.41) is 6.57. The van der Waals surface area contributed by atoms with Gasteiger partial charge in [-0.25, -0.2) is 14.8 Å². The standard InChI is InChI=1S/C15H12ClN3O2S/c1-21-15(20)10-4-2-9(3-5-10)6-17-13-12-11(16)7-22-14(12)19-8-18-13/h2-5,7-8H,6H2,1H3,(H,17,18,19). The number of hydrogen-bond donors (Lipinski definition) is 1. The Morgan fingerprint density at radius 3 is 2.82 bits per heavy atom. The molecular formula is C15H12ClN3O2S. The summed E-state index contributed by atoms with van der Waals surface area (Å²) in [6.07, 6.45) is 1.51. The molecule has 0 fully saturated rings. The number of methoxy groups -OCH3 is 1. The predicted molar refractivity (Wildman–Crippen MR) is 87.5 cm³/mol. The molecule has 5 nitrogen and oxygen atoms in total. The van der Waals surface area contributed by atoms with Crippen molar-refractivity contribution in [2.45, 2.75) is 6.54 Å². The number of halogens is 1. The Balaban J connectivity index is 1.77. The molecule has 7 heteroatoms. The quantitative estimate of drug-likeness (QED) is 0.737. The number of ether oxygens (including phenoxy) is 1. The number of nitrogens with zero attached hydrogens (tertiary/aromatic N) is 2. The van der Waals surface area contributed by atoms with E-state index < -0.39 is 0 Å². The molecular weight excluding hydrogens is 322 g/mol. The van der Waals surface area contributed by atoms with Gasteiger partial charge in [0.1, 0.15) is 17.0 Å². The van der Waals surface area contributed by atoms with Gasteiger partial charge >= 0.3 is 5.97 Å². The molecule has 0 amide bonds. The van der Waals surface area contributed by atoms with Crippen molar-refractivity contribution in [2.75, 3.05) is 12.4 Å². The van der Waals surface area contributed by atoms with Crippen LogP contribution in [-0.4, -0.2) is 23.0 Å². The Morgan fingerprint density at radius 2 is 2.09 bits per heavy atom. The number of carbonyl (C=O) groups excluding carboxylic acids is 1. The SMILES string of the molecule is COC(=O)c1ccc(CNc2ncnc3scc(Cl)c23)cc1. The number of aromatic nitrogens is 2. The largest absolute Gasteiger partial charge is 0.465 e. The highest BCUT2D eigenvalue weighted by Crippen LogP contribution is 2.32. The smallest absolute Gasteiger partial charge is 0.337 e. The number of rotatable bonds is 4. The maximum absolute atomic E-state index is 11.4. The zero-order valence-corrected chi connectivity index (χ0v) is 13.2. The van der Waals surface area contributed by atoms with Crippen LogP contribution in [0.3, 0.4) is 0 Å². The molecule has 22 heavy (non-hydrogen) atoms. The van der Waals surface area contributed by atoms with Gasteiger partial charge < -0.3 is 10.1 Å². The van der Waals surface area contributed by atoms with Gasteiger partial charge in [-0.15, -0.1) is 11.3 Å². The number of thiophene rings is 1. The summed E-state index contributed by atoms with van der Waals surface area (Å²) in [5.74, 6) is 0.357. The first-order valence-corrected chi connectivity index (χ1v) is 7.73. The average Bonchev–Trinajstić information content (AvgIpc) is 2.95. The zero-order valence-electron chi connectivity index (χ0n) is 11.7. The molecule has 0 saturated heterocycles. The van der Waals surface area contributed by atoms with Crippen molar-refractivity contribution in [2.24, 2.45) is 0 Å². The highest BCUT2D eigenvalue weighted by atomic mass is 35.5. The molecule has 1 aromatic carbocycles. The number of benzene rings is 1. The third kappa shape index (κ3) is 2.88. The monoisotopic (exact) mass is 333 g/mol. The van der Waals surface area contributed by atoms with E-state index in [2.05, 4.69) is 20.0 Å². The first-order valence-electron chi connectivity index (χ1n) is 6.48. The van der Waals surface area contributed by atoms with E-state index >= 15 is 0 Å². The Kier molecular flexibility index (Phi) is 4.22. The first kappa shape index (κ1) is 14.7. The van der Waals surface area contributed by atoms with Crippen molar-refractivity contribution >= 4 is 44.9 Å². The van der Waals surface area contributed by atoms with Crippen LogP contribution >= 0.6 is 22.9 Å². The topological polar surface area (TPSA) is 64.1 Å². The summed E-state index contributed by atoms with van der Waals surface area (Å²) in [4.78, 5) is 20.7. The molecule has 0 aliphatic carbocycles. The minimum Gasteiger partial charge on any atom is -0.465 e. The van der Waals surface area contributed by atoms with Crippen LogP contribution < -0.4 is 5.32 Å². The third-order valence-corrected chi connectivity index (χ3v) is 4.47. The molecule has 1 N–H and O–H groups in total. The highest BCUT2D eigenvalue weighted by molar-refractivity contribution is 7.17. The Hall–Kier alpha value is -2.18. The molecule has 0 spiro atoms. The number of esters is 1. The lowest BCUT2D eigenvalue weighted by molar-refractivity contribution is 0.0600. The lowest BCUT2D eigenvalue weighted by Crippen LogP contribution is -2.04. The minimum absolute atomic E-state index is 0.345. The van der Waals surface area contributed by atoms with Crippen LogP contribution in [0.1, 0.15) is 15.9 Å². The Bertz CT molecular complexity index is 817. The normalized spacial score (nSPS) is 10.6. The maximum atomic E-state index is 11.4. The molecule has 3 aromatic rings. The highest BCUT2D eigenvalue weighted by Gasteiger charge is 2.10. The fourth-order valence-corrected chi connectivity index (χ4v) is 3.17. The van der Waals surface area contributed by atoms with Gasteiger partial charge in [-0.05, 0) is 17.7 Å². The van der Waals surface area contributed by atoms with Crippen LogP contribution in [0.15, 0.2) is 36.0 Å². The third-order valence-electron chi connectivity index (χ3n) is 3.16. The molecule has 0 aliphatic heterocycles. The molecule has 2 aromatic heterocycles. The fraction of sp³-hybridized carbons (Fsp3) is 0.133. The van der Waals surface area contributed by atoms with Gasteiger partial charge in [0.2, 0.25) is 0 Å². The van der Waals surface area contributed by atoms with E-state index in [4.69, 9.17) is 11.6 Å². The first-order chi connectivity index (χ1) is 10.7. The lowest BCUT2D eigenvalue weighted by atomic mass is 10.1. The summed E-state index contributed by atoms with van der Waals surface area (Å²) in [5.41, 5.74) is 1.54. The molecule has 0 atom stereocenters. The molecule has 0 saturated carbocycles. The summed E-state index contributed by atoms with van der Waals surface area (Å²) < 4.78 is 4.67. The second kappa shape index (κ2) is 6.29. The minimum atomic E-state index is -0.345. The Morgan fingerprint density at radius 1 is 1.32 bits per heavy atom. The van der Waals surface area contributed by atoms with E-state index in [1.807, 2.05) is 17.5 Å². The molecule has 3 rings (SSSR count). The van der Waals surface area contributed by atoms with Crippen molar-refractivity contribution in [1.82, 2.24) is 9.97 Å². The van der Waals surface area contributed by atoms with Crippen LogP contribution in [0.4, 0.5) is 5.82 Å². The van der Waals surface area contributed by atoms with Crippen molar-refractivity contribution in [3.63, 3.8) is 0 Å². The van der Waals surface area contributed by atoms with Crippen LogP contribution in [0.25, 0.3) is 10.2 Å². The number of fused-ring (bicyclic) bond motifs is 1. The molecule has 112 valence electrons. The van der Waals surface area contributed by atoms with Crippen molar-refractivity contribution in [3.8, 4) is 0 Å². The molecule has 0 bridgehead atoms. The average molecular weight is 334 g/mol. The van der Waals surface area contributed by atoms with Crippen LogP contribution in [0, 0.1) is 0 Å². The predicted octanol–water partition coefficient (Wildman–Crippen LogP) is 3.74. The van der Waals surface area contributed by atoms with Crippen molar-refractivity contribution in [3.05, 3.63) is 52.1 Å². The van der Waals surface area contributed by atoms with Gasteiger partial charge in [-0.2, -0.15) is 0 Å². The fourth-order valence-electron chi connectivity index (χ4n) is 2.04. The van der Waals surface area contributed by atoms with Crippen molar-refractivity contribution in [1.29, 1.82) is 0 Å². The van der Waals surface area contributed by atoms with Crippen LogP contribution in [0.2, 0.25) is 5.02 Å². The van der Waals surface area contributed by atoms with E-state index in [1.54, 1.807) is 12.1 Å². The summed E-state index contributed by atoms with van der Waals surface area (Å²) in [6, 6.07) is 7.20.